The minimum Gasteiger partial charge on any atom is -0.478 e. The van der Waals surface area contributed by atoms with Crippen LogP contribution in [-0.4, -0.2) is 49.7 Å². The van der Waals surface area contributed by atoms with Crippen LogP contribution in [0.15, 0.2) is 30.7 Å². The lowest BCUT2D eigenvalue weighted by Crippen LogP contribution is -2.38. The van der Waals surface area contributed by atoms with Gasteiger partial charge in [-0.3, -0.25) is 14.5 Å². The smallest absolute Gasteiger partial charge is 0.337 e. The Kier molecular flexibility index (Phi) is 4.10. The minimum absolute atomic E-state index is 0.0995. The van der Waals surface area contributed by atoms with Gasteiger partial charge in [0.15, 0.2) is 0 Å². The first kappa shape index (κ1) is 15.2. The second-order valence-corrected chi connectivity index (χ2v) is 5.67. The molecule has 1 saturated heterocycles. The van der Waals surface area contributed by atoms with Gasteiger partial charge in [-0.15, -0.1) is 0 Å². The number of amides is 1. The maximum atomic E-state index is 11.4. The number of hydrogen-bond acceptors (Lipinski definition) is 4. The Bertz CT molecular complexity index is 732. The van der Waals surface area contributed by atoms with Crippen LogP contribution >= 0.6 is 0 Å². The summed E-state index contributed by atoms with van der Waals surface area (Å²) in [6.07, 6.45) is 6.35. The van der Waals surface area contributed by atoms with Crippen molar-refractivity contribution in [3.05, 3.63) is 36.3 Å². The third kappa shape index (κ3) is 3.08. The van der Waals surface area contributed by atoms with Crippen molar-refractivity contribution in [3.63, 3.8) is 0 Å². The summed E-state index contributed by atoms with van der Waals surface area (Å²) in [6, 6.07) is 3.66. The lowest BCUT2D eigenvalue weighted by Gasteiger charge is -2.32. The van der Waals surface area contributed by atoms with E-state index in [-0.39, 0.29) is 17.5 Å². The molecule has 0 aromatic carbocycles. The molecule has 0 radical (unpaired) electrons. The normalized spacial score (nSPS) is 15.6. The fourth-order valence-electron chi connectivity index (χ4n) is 2.96. The zero-order valence-corrected chi connectivity index (χ0v) is 12.8. The van der Waals surface area contributed by atoms with Crippen LogP contribution in [0.25, 0.3) is 11.3 Å². The van der Waals surface area contributed by atoms with E-state index in [0.29, 0.717) is 13.1 Å². The fraction of sp³-hybridized carbons (Fsp3) is 0.375. The molecule has 1 aliphatic rings. The molecule has 0 aliphatic carbocycles. The number of piperidine rings is 1. The molecule has 120 valence electrons. The first-order chi connectivity index (χ1) is 11.1. The van der Waals surface area contributed by atoms with Crippen molar-refractivity contribution in [3.8, 4) is 11.3 Å². The standard InChI is InChI=1S/C16H18N4O3/c1-11(21)19-6-3-14(4-7-19)20-15(2-5-18-20)12-8-13(16(22)23)10-17-9-12/h2,5,8-10,14H,3-4,6-7H2,1H3,(H,22,23). The van der Waals surface area contributed by atoms with E-state index < -0.39 is 5.97 Å². The molecule has 7 nitrogen and oxygen atoms in total. The Morgan fingerprint density at radius 2 is 2.00 bits per heavy atom. The average molecular weight is 314 g/mol. The molecule has 7 heteroatoms. The summed E-state index contributed by atoms with van der Waals surface area (Å²) in [5.74, 6) is -0.900. The maximum absolute atomic E-state index is 11.4. The molecule has 1 aliphatic heterocycles. The van der Waals surface area contributed by atoms with Gasteiger partial charge in [0.25, 0.3) is 0 Å². The van der Waals surface area contributed by atoms with Crippen molar-refractivity contribution in [1.29, 1.82) is 0 Å². The van der Waals surface area contributed by atoms with Crippen molar-refractivity contribution in [1.82, 2.24) is 19.7 Å². The van der Waals surface area contributed by atoms with Gasteiger partial charge < -0.3 is 10.0 Å². The highest BCUT2D eigenvalue weighted by atomic mass is 16.4. The number of hydrogen-bond donors (Lipinski definition) is 1. The number of nitrogens with zero attached hydrogens (tertiary/aromatic N) is 4. The Hall–Kier alpha value is -2.70. The second-order valence-electron chi connectivity index (χ2n) is 5.67. The van der Waals surface area contributed by atoms with Crippen molar-refractivity contribution in [2.75, 3.05) is 13.1 Å². The molecule has 2 aromatic heterocycles. The molecule has 0 saturated carbocycles. The van der Waals surface area contributed by atoms with Crippen LogP contribution in [0, 0.1) is 0 Å². The van der Waals surface area contributed by atoms with Gasteiger partial charge in [0.2, 0.25) is 5.91 Å². The molecule has 1 amide bonds. The number of carboxylic acid groups (broad SMARTS) is 1. The van der Waals surface area contributed by atoms with Gasteiger partial charge in [0.05, 0.1) is 17.3 Å². The van der Waals surface area contributed by atoms with E-state index in [4.69, 9.17) is 5.11 Å². The number of likely N-dealkylation sites (tertiary alicyclic amines) is 1. The summed E-state index contributed by atoms with van der Waals surface area (Å²) in [4.78, 5) is 28.4. The van der Waals surface area contributed by atoms with Gasteiger partial charge in [-0.2, -0.15) is 5.10 Å². The van der Waals surface area contributed by atoms with Crippen molar-refractivity contribution in [2.24, 2.45) is 0 Å². The molecule has 0 unspecified atom stereocenters. The Labute approximate surface area is 133 Å². The van der Waals surface area contributed by atoms with Gasteiger partial charge in [-0.05, 0) is 25.0 Å². The van der Waals surface area contributed by atoms with Crippen LogP contribution in [0.1, 0.15) is 36.2 Å². The lowest BCUT2D eigenvalue weighted by molar-refractivity contribution is -0.130. The van der Waals surface area contributed by atoms with E-state index in [9.17, 15) is 9.59 Å². The van der Waals surface area contributed by atoms with E-state index in [1.807, 2.05) is 15.6 Å². The molecule has 2 aromatic rings. The summed E-state index contributed by atoms with van der Waals surface area (Å²) in [5.41, 5.74) is 1.74. The molecule has 3 rings (SSSR count). The molecule has 0 atom stereocenters. The zero-order valence-electron chi connectivity index (χ0n) is 12.8. The van der Waals surface area contributed by atoms with Crippen LogP contribution < -0.4 is 0 Å². The highest BCUT2D eigenvalue weighted by Gasteiger charge is 2.24. The average Bonchev–Trinajstić information content (AvgIpc) is 3.04. The molecule has 1 fully saturated rings. The van der Waals surface area contributed by atoms with Crippen LogP contribution in [0.4, 0.5) is 0 Å². The molecule has 0 spiro atoms. The van der Waals surface area contributed by atoms with Gasteiger partial charge >= 0.3 is 5.97 Å². The molecular weight excluding hydrogens is 296 g/mol. The maximum Gasteiger partial charge on any atom is 0.337 e. The summed E-state index contributed by atoms with van der Waals surface area (Å²) in [5, 5.41) is 13.5. The molecule has 1 N–H and O–H groups in total. The zero-order chi connectivity index (χ0) is 16.4. The van der Waals surface area contributed by atoms with Crippen molar-refractivity contribution in [2.45, 2.75) is 25.8 Å². The minimum atomic E-state index is -1.000. The summed E-state index contributed by atoms with van der Waals surface area (Å²) in [7, 11) is 0. The fourth-order valence-corrected chi connectivity index (χ4v) is 2.96. The van der Waals surface area contributed by atoms with Crippen LogP contribution in [0.3, 0.4) is 0 Å². The number of rotatable bonds is 3. The van der Waals surface area contributed by atoms with Crippen molar-refractivity contribution >= 4 is 11.9 Å². The van der Waals surface area contributed by atoms with Gasteiger partial charge in [0.1, 0.15) is 0 Å². The number of pyridine rings is 1. The van der Waals surface area contributed by atoms with Gasteiger partial charge in [-0.1, -0.05) is 0 Å². The third-order valence-corrected chi connectivity index (χ3v) is 4.21. The van der Waals surface area contributed by atoms with E-state index in [1.54, 1.807) is 25.4 Å². The van der Waals surface area contributed by atoms with E-state index in [0.717, 1.165) is 24.1 Å². The quantitative estimate of drug-likeness (QED) is 0.933. The predicted octanol–water partition coefficient (Wildman–Crippen LogP) is 1.83. The third-order valence-electron chi connectivity index (χ3n) is 4.21. The number of aromatic nitrogens is 3. The molecule has 23 heavy (non-hydrogen) atoms. The van der Waals surface area contributed by atoms with Crippen LogP contribution in [0.5, 0.6) is 0 Å². The van der Waals surface area contributed by atoms with Crippen LogP contribution in [-0.2, 0) is 4.79 Å². The van der Waals surface area contributed by atoms with E-state index in [1.165, 1.54) is 6.20 Å². The number of carbonyl (C=O) groups is 2. The van der Waals surface area contributed by atoms with Crippen LogP contribution in [0.2, 0.25) is 0 Å². The predicted molar refractivity (Wildman–Crippen MR) is 82.9 cm³/mol. The molecular formula is C16H18N4O3. The topological polar surface area (TPSA) is 88.3 Å². The largest absolute Gasteiger partial charge is 0.478 e. The Morgan fingerprint density at radius 3 is 2.65 bits per heavy atom. The first-order valence-corrected chi connectivity index (χ1v) is 7.54. The Morgan fingerprint density at radius 1 is 1.26 bits per heavy atom. The lowest BCUT2D eigenvalue weighted by atomic mass is 10.0. The monoisotopic (exact) mass is 314 g/mol. The Balaban J connectivity index is 1.85. The van der Waals surface area contributed by atoms with E-state index in [2.05, 4.69) is 10.1 Å². The molecule has 0 bridgehead atoms. The SMILES string of the molecule is CC(=O)N1CCC(n2nccc2-c2cncc(C(=O)O)c2)CC1. The first-order valence-electron chi connectivity index (χ1n) is 7.54. The number of aromatic carboxylic acids is 1. The van der Waals surface area contributed by atoms with Crippen molar-refractivity contribution < 1.29 is 14.7 Å². The summed E-state index contributed by atoms with van der Waals surface area (Å²) < 4.78 is 1.92. The highest BCUT2D eigenvalue weighted by Crippen LogP contribution is 2.28. The van der Waals surface area contributed by atoms with E-state index >= 15 is 0 Å². The van der Waals surface area contributed by atoms with Gasteiger partial charge in [-0.25, -0.2) is 4.79 Å². The number of carbonyl (C=O) groups excluding carboxylic acids is 1. The summed E-state index contributed by atoms with van der Waals surface area (Å²) in [6.45, 7) is 3.02. The highest BCUT2D eigenvalue weighted by molar-refractivity contribution is 5.88. The number of carboxylic acids is 1. The van der Waals surface area contributed by atoms with Gasteiger partial charge in [0, 0.05) is 44.2 Å². The summed E-state index contributed by atoms with van der Waals surface area (Å²) >= 11 is 0. The molecule has 3 heterocycles. The second kappa shape index (κ2) is 6.20.